The zero-order chi connectivity index (χ0) is 13.8. The van der Waals surface area contributed by atoms with Crippen LogP contribution in [0.2, 0.25) is 0 Å². The Labute approximate surface area is 122 Å². The van der Waals surface area contributed by atoms with Gasteiger partial charge in [-0.25, -0.2) is 0 Å². The van der Waals surface area contributed by atoms with Gasteiger partial charge in [0.1, 0.15) is 5.75 Å². The second kappa shape index (κ2) is 6.17. The number of rotatable bonds is 5. The SMILES string of the molecule is NCC1(Cc2ccc(OC3CCCC3)cc2)CCCC1. The van der Waals surface area contributed by atoms with E-state index < -0.39 is 0 Å². The minimum Gasteiger partial charge on any atom is -0.490 e. The van der Waals surface area contributed by atoms with Crippen LogP contribution in [0.1, 0.15) is 56.9 Å². The number of hydrogen-bond donors (Lipinski definition) is 1. The Morgan fingerprint density at radius 3 is 2.25 bits per heavy atom. The lowest BCUT2D eigenvalue weighted by atomic mass is 9.80. The maximum absolute atomic E-state index is 6.03. The molecule has 2 N–H and O–H groups in total. The van der Waals surface area contributed by atoms with Crippen molar-refractivity contribution >= 4 is 0 Å². The number of benzene rings is 1. The lowest BCUT2D eigenvalue weighted by Crippen LogP contribution is -2.29. The van der Waals surface area contributed by atoms with E-state index in [4.69, 9.17) is 10.5 Å². The van der Waals surface area contributed by atoms with Gasteiger partial charge < -0.3 is 10.5 Å². The summed E-state index contributed by atoms with van der Waals surface area (Å²) in [5, 5.41) is 0. The summed E-state index contributed by atoms with van der Waals surface area (Å²) in [5.74, 6) is 1.04. The minimum absolute atomic E-state index is 0.369. The lowest BCUT2D eigenvalue weighted by molar-refractivity contribution is 0.210. The van der Waals surface area contributed by atoms with Crippen LogP contribution in [0.15, 0.2) is 24.3 Å². The van der Waals surface area contributed by atoms with Crippen LogP contribution < -0.4 is 10.5 Å². The summed E-state index contributed by atoms with van der Waals surface area (Å²) in [6.07, 6.45) is 12.0. The number of nitrogens with two attached hydrogens (primary N) is 1. The number of ether oxygens (including phenoxy) is 1. The second-order valence-electron chi connectivity index (χ2n) is 6.76. The molecule has 2 aliphatic carbocycles. The summed E-state index contributed by atoms with van der Waals surface area (Å²) in [5.41, 5.74) is 7.81. The van der Waals surface area contributed by atoms with Crippen LogP contribution in [-0.2, 0) is 6.42 Å². The zero-order valence-corrected chi connectivity index (χ0v) is 12.4. The highest BCUT2D eigenvalue weighted by Crippen LogP contribution is 2.40. The van der Waals surface area contributed by atoms with Crippen molar-refractivity contribution < 1.29 is 4.74 Å². The maximum Gasteiger partial charge on any atom is 0.119 e. The van der Waals surface area contributed by atoms with Crippen LogP contribution in [-0.4, -0.2) is 12.6 Å². The third kappa shape index (κ3) is 3.17. The Balaban J connectivity index is 1.60. The van der Waals surface area contributed by atoms with Crippen molar-refractivity contribution in [3.8, 4) is 5.75 Å². The summed E-state index contributed by atoms with van der Waals surface area (Å²) in [6.45, 7) is 0.827. The van der Waals surface area contributed by atoms with E-state index in [1.165, 1.54) is 56.9 Å². The van der Waals surface area contributed by atoms with Crippen molar-refractivity contribution in [2.75, 3.05) is 6.54 Å². The van der Waals surface area contributed by atoms with Gasteiger partial charge in [0, 0.05) is 0 Å². The summed E-state index contributed by atoms with van der Waals surface area (Å²) >= 11 is 0. The fraction of sp³-hybridized carbons (Fsp3) is 0.667. The Morgan fingerprint density at radius 2 is 1.65 bits per heavy atom. The standard InChI is InChI=1S/C18H27NO/c19-14-18(11-3-4-12-18)13-15-7-9-17(10-8-15)20-16-5-1-2-6-16/h7-10,16H,1-6,11-14,19H2. The highest BCUT2D eigenvalue weighted by atomic mass is 16.5. The van der Waals surface area contributed by atoms with E-state index in [9.17, 15) is 0 Å². The molecule has 20 heavy (non-hydrogen) atoms. The van der Waals surface area contributed by atoms with Crippen molar-refractivity contribution in [2.45, 2.75) is 63.9 Å². The monoisotopic (exact) mass is 273 g/mol. The van der Waals surface area contributed by atoms with E-state index in [0.717, 1.165) is 18.7 Å². The van der Waals surface area contributed by atoms with E-state index in [2.05, 4.69) is 24.3 Å². The molecule has 110 valence electrons. The van der Waals surface area contributed by atoms with Gasteiger partial charge in [-0.15, -0.1) is 0 Å². The first kappa shape index (κ1) is 13.9. The molecule has 0 aliphatic heterocycles. The largest absolute Gasteiger partial charge is 0.490 e. The normalized spacial score (nSPS) is 22.2. The fourth-order valence-corrected chi connectivity index (χ4v) is 3.90. The first-order valence-corrected chi connectivity index (χ1v) is 8.25. The molecule has 0 atom stereocenters. The van der Waals surface area contributed by atoms with Crippen LogP contribution in [0, 0.1) is 5.41 Å². The molecular formula is C18H27NO. The quantitative estimate of drug-likeness (QED) is 0.877. The van der Waals surface area contributed by atoms with E-state index in [1.54, 1.807) is 0 Å². The minimum atomic E-state index is 0.369. The van der Waals surface area contributed by atoms with Gasteiger partial charge in [0.2, 0.25) is 0 Å². The van der Waals surface area contributed by atoms with Crippen LogP contribution in [0.25, 0.3) is 0 Å². The lowest BCUT2D eigenvalue weighted by Gasteiger charge is -2.27. The molecule has 2 saturated carbocycles. The predicted molar refractivity (Wildman–Crippen MR) is 83.0 cm³/mol. The zero-order valence-electron chi connectivity index (χ0n) is 12.4. The van der Waals surface area contributed by atoms with E-state index in [0.29, 0.717) is 11.5 Å². The Kier molecular flexibility index (Phi) is 4.30. The molecule has 0 bridgehead atoms. The molecule has 0 spiro atoms. The molecular weight excluding hydrogens is 246 g/mol. The molecule has 2 heteroatoms. The van der Waals surface area contributed by atoms with E-state index in [1.807, 2.05) is 0 Å². The molecule has 0 saturated heterocycles. The van der Waals surface area contributed by atoms with Crippen molar-refractivity contribution in [3.05, 3.63) is 29.8 Å². The van der Waals surface area contributed by atoms with Gasteiger partial charge in [0.05, 0.1) is 6.10 Å². The van der Waals surface area contributed by atoms with Crippen molar-refractivity contribution in [1.82, 2.24) is 0 Å². The second-order valence-corrected chi connectivity index (χ2v) is 6.76. The molecule has 2 aliphatic rings. The molecule has 1 aromatic carbocycles. The summed E-state index contributed by atoms with van der Waals surface area (Å²) in [7, 11) is 0. The molecule has 3 rings (SSSR count). The van der Waals surface area contributed by atoms with Crippen molar-refractivity contribution in [1.29, 1.82) is 0 Å². The Bertz CT molecular complexity index is 414. The molecule has 1 aromatic rings. The van der Waals surface area contributed by atoms with Gasteiger partial charge in [0.15, 0.2) is 0 Å². The molecule has 0 radical (unpaired) electrons. The van der Waals surface area contributed by atoms with Crippen LogP contribution in [0.4, 0.5) is 0 Å². The molecule has 0 heterocycles. The van der Waals surface area contributed by atoms with Crippen LogP contribution >= 0.6 is 0 Å². The average molecular weight is 273 g/mol. The molecule has 0 amide bonds. The number of hydrogen-bond acceptors (Lipinski definition) is 2. The molecule has 2 fully saturated rings. The highest BCUT2D eigenvalue weighted by Gasteiger charge is 2.32. The van der Waals surface area contributed by atoms with E-state index >= 15 is 0 Å². The Morgan fingerprint density at radius 1 is 1.00 bits per heavy atom. The van der Waals surface area contributed by atoms with Gasteiger partial charge >= 0.3 is 0 Å². The van der Waals surface area contributed by atoms with E-state index in [-0.39, 0.29) is 0 Å². The third-order valence-corrected chi connectivity index (χ3v) is 5.20. The van der Waals surface area contributed by atoms with Gasteiger partial charge in [-0.1, -0.05) is 25.0 Å². The topological polar surface area (TPSA) is 35.2 Å². The van der Waals surface area contributed by atoms with Gasteiger partial charge in [-0.05, 0) is 74.6 Å². The first-order valence-electron chi connectivity index (χ1n) is 8.25. The summed E-state index contributed by atoms with van der Waals surface area (Å²) in [4.78, 5) is 0. The van der Waals surface area contributed by atoms with Crippen LogP contribution in [0.5, 0.6) is 5.75 Å². The van der Waals surface area contributed by atoms with Crippen molar-refractivity contribution in [3.63, 3.8) is 0 Å². The molecule has 2 nitrogen and oxygen atoms in total. The predicted octanol–water partition coefficient (Wildman–Crippen LogP) is 4.07. The highest BCUT2D eigenvalue weighted by molar-refractivity contribution is 5.28. The maximum atomic E-state index is 6.03. The van der Waals surface area contributed by atoms with Gasteiger partial charge in [0.25, 0.3) is 0 Å². The Hall–Kier alpha value is -1.02. The average Bonchev–Trinajstić information content (AvgIpc) is 3.13. The molecule has 0 aromatic heterocycles. The van der Waals surface area contributed by atoms with Gasteiger partial charge in [-0.2, -0.15) is 0 Å². The smallest absolute Gasteiger partial charge is 0.119 e. The summed E-state index contributed by atoms with van der Waals surface area (Å²) in [6, 6.07) is 8.76. The fourth-order valence-electron chi connectivity index (χ4n) is 3.90. The van der Waals surface area contributed by atoms with Crippen molar-refractivity contribution in [2.24, 2.45) is 11.1 Å². The van der Waals surface area contributed by atoms with Gasteiger partial charge in [-0.3, -0.25) is 0 Å². The first-order chi connectivity index (χ1) is 9.80. The third-order valence-electron chi connectivity index (χ3n) is 5.20. The molecule has 0 unspecified atom stereocenters. The summed E-state index contributed by atoms with van der Waals surface area (Å²) < 4.78 is 6.03. The van der Waals surface area contributed by atoms with Crippen LogP contribution in [0.3, 0.4) is 0 Å².